The summed E-state index contributed by atoms with van der Waals surface area (Å²) < 4.78 is 4.81. The quantitative estimate of drug-likeness (QED) is 0.228. The van der Waals surface area contributed by atoms with E-state index in [9.17, 15) is 5.11 Å². The summed E-state index contributed by atoms with van der Waals surface area (Å²) >= 11 is 0. The number of carboxylic acid groups (broad SMARTS) is 1. The number of carbonyl (C=O) groups is 1. The maximum Gasteiger partial charge on any atom is 0.300 e. The molecule has 0 aliphatic rings. The number of nitrogens with zero attached hydrogens (tertiary/aromatic N) is 2. The van der Waals surface area contributed by atoms with Gasteiger partial charge in [0.25, 0.3) is 5.97 Å². The van der Waals surface area contributed by atoms with Crippen molar-refractivity contribution in [3.05, 3.63) is 97.1 Å². The number of aromatic nitrogens is 2. The first-order valence-corrected chi connectivity index (χ1v) is 12.8. The number of hydrogen-bond donors (Lipinski definition) is 2. The van der Waals surface area contributed by atoms with Crippen LogP contribution in [0.1, 0.15) is 32.2 Å². The molecule has 1 unspecified atom stereocenters. The smallest absolute Gasteiger partial charge is 0.300 e. The van der Waals surface area contributed by atoms with Crippen molar-refractivity contribution in [1.29, 1.82) is 0 Å². The minimum Gasteiger partial charge on any atom is -0.481 e. The zero-order valence-electron chi connectivity index (χ0n) is 21.0. The topological polar surface area (TPSA) is 67.4 Å². The second kappa shape index (κ2) is 10.9. The molecule has 0 bridgehead atoms. The molecule has 188 valence electrons. The molecule has 5 nitrogen and oxygen atoms in total. The number of aryl methyl sites for hydroxylation is 1. The van der Waals surface area contributed by atoms with Crippen LogP contribution in [0.4, 0.5) is 0 Å². The van der Waals surface area contributed by atoms with Gasteiger partial charge in [-0.25, -0.2) is 0 Å². The van der Waals surface area contributed by atoms with Crippen LogP contribution in [0.25, 0.3) is 43.6 Å². The molecule has 2 N–H and O–H groups in total. The fraction of sp³-hybridized carbons (Fsp3) is 0.219. The Morgan fingerprint density at radius 2 is 1.05 bits per heavy atom. The number of para-hydroxylation sites is 4. The monoisotopic (exact) mass is 492 g/mol. The van der Waals surface area contributed by atoms with Crippen molar-refractivity contribution in [2.75, 3.05) is 6.61 Å². The van der Waals surface area contributed by atoms with E-state index in [1.807, 2.05) is 0 Å². The van der Waals surface area contributed by atoms with Gasteiger partial charge in [0, 0.05) is 57.1 Å². The fourth-order valence-corrected chi connectivity index (χ4v) is 5.54. The van der Waals surface area contributed by atoms with Crippen molar-refractivity contribution in [3.63, 3.8) is 0 Å². The van der Waals surface area contributed by atoms with Gasteiger partial charge in [-0.05, 0) is 43.5 Å². The lowest BCUT2D eigenvalue weighted by atomic mass is 10.1. The summed E-state index contributed by atoms with van der Waals surface area (Å²) in [5.41, 5.74) is 5.03. The summed E-state index contributed by atoms with van der Waals surface area (Å²) in [6.07, 6.45) is 3.10. The van der Waals surface area contributed by atoms with Crippen molar-refractivity contribution in [1.82, 2.24) is 9.13 Å². The normalized spacial score (nSPS) is 12.2. The third-order valence-corrected chi connectivity index (χ3v) is 7.04. The predicted molar refractivity (Wildman–Crippen MR) is 152 cm³/mol. The molecule has 1 atom stereocenters. The minimum atomic E-state index is -0.833. The first-order valence-electron chi connectivity index (χ1n) is 12.8. The van der Waals surface area contributed by atoms with Crippen LogP contribution in [0.5, 0.6) is 0 Å². The Balaban J connectivity index is 0.000000655. The maximum atomic E-state index is 10.4. The summed E-state index contributed by atoms with van der Waals surface area (Å²) in [5.74, 6) is -0.833. The molecule has 0 saturated heterocycles. The van der Waals surface area contributed by atoms with Gasteiger partial charge in [0.15, 0.2) is 0 Å². The molecule has 0 fully saturated rings. The highest BCUT2D eigenvalue weighted by Gasteiger charge is 2.17. The summed E-state index contributed by atoms with van der Waals surface area (Å²) in [6.45, 7) is 2.22. The highest BCUT2D eigenvalue weighted by Crippen LogP contribution is 2.34. The van der Waals surface area contributed by atoms with E-state index in [0.717, 1.165) is 32.7 Å². The average Bonchev–Trinajstić information content (AvgIpc) is 3.42. The van der Waals surface area contributed by atoms with E-state index >= 15 is 0 Å². The molecule has 0 aliphatic heterocycles. The second-order valence-corrected chi connectivity index (χ2v) is 9.44. The lowest BCUT2D eigenvalue weighted by Gasteiger charge is -2.19. The van der Waals surface area contributed by atoms with E-state index in [2.05, 4.69) is 106 Å². The average molecular weight is 493 g/mol. The minimum absolute atomic E-state index is 0.0768. The molecule has 0 aliphatic carbocycles. The summed E-state index contributed by atoms with van der Waals surface area (Å²) in [4.78, 5) is 9.00. The third kappa shape index (κ3) is 4.83. The highest BCUT2D eigenvalue weighted by atomic mass is 16.4. The van der Waals surface area contributed by atoms with Gasteiger partial charge in [0.1, 0.15) is 0 Å². The number of benzene rings is 4. The highest BCUT2D eigenvalue weighted by molar-refractivity contribution is 6.08. The Kier molecular flexibility index (Phi) is 7.24. The maximum absolute atomic E-state index is 10.4. The number of aliphatic hydroxyl groups is 1. The van der Waals surface area contributed by atoms with E-state index < -0.39 is 5.97 Å². The van der Waals surface area contributed by atoms with Crippen LogP contribution in [0.3, 0.4) is 0 Å². The molecular weight excluding hydrogens is 460 g/mol. The van der Waals surface area contributed by atoms with Crippen molar-refractivity contribution in [2.45, 2.75) is 38.8 Å². The molecular formula is C32H32N2O3. The summed E-state index contributed by atoms with van der Waals surface area (Å²) in [7, 11) is 0. The zero-order valence-corrected chi connectivity index (χ0v) is 21.0. The number of unbranched alkanes of at least 4 members (excludes halogenated alkanes) is 1. The molecule has 2 heterocycles. The molecule has 2 aromatic heterocycles. The zero-order chi connectivity index (χ0) is 25.8. The van der Waals surface area contributed by atoms with Crippen LogP contribution in [0.2, 0.25) is 0 Å². The lowest BCUT2D eigenvalue weighted by Crippen LogP contribution is -2.13. The van der Waals surface area contributed by atoms with Gasteiger partial charge in [-0.15, -0.1) is 0 Å². The Hall–Kier alpha value is -4.09. The molecule has 37 heavy (non-hydrogen) atoms. The molecule has 6 rings (SSSR count). The van der Waals surface area contributed by atoms with Crippen LogP contribution < -0.4 is 0 Å². The molecule has 0 amide bonds. The molecule has 6 aromatic rings. The number of carboxylic acids is 1. The fourth-order valence-electron chi connectivity index (χ4n) is 5.54. The molecule has 5 heteroatoms. The van der Waals surface area contributed by atoms with Crippen LogP contribution in [-0.2, 0) is 11.3 Å². The van der Waals surface area contributed by atoms with Crippen molar-refractivity contribution >= 4 is 49.6 Å². The van der Waals surface area contributed by atoms with E-state index in [1.54, 1.807) is 0 Å². The molecule has 0 spiro atoms. The largest absolute Gasteiger partial charge is 0.481 e. The number of aliphatic hydroxyl groups excluding tert-OH is 1. The van der Waals surface area contributed by atoms with Gasteiger partial charge >= 0.3 is 0 Å². The number of fused-ring (bicyclic) bond motifs is 6. The standard InChI is InChI=1S/C30H28N2O.C2H4O2/c33-21-22(32-29-18-7-3-14-25(29)26-15-4-8-19-30(26)32)11-9-10-20-31-27-16-5-1-12-23(27)24-13-2-6-17-28(24)31;1-2(3)4/h1-8,12-19,22,33H,9-11,20-21H2;1H3,(H,3,4). The molecule has 0 saturated carbocycles. The van der Waals surface area contributed by atoms with Gasteiger partial charge in [-0.2, -0.15) is 0 Å². The van der Waals surface area contributed by atoms with Gasteiger partial charge in [-0.1, -0.05) is 72.8 Å². The van der Waals surface area contributed by atoms with Gasteiger partial charge in [0.05, 0.1) is 12.6 Å². The van der Waals surface area contributed by atoms with Crippen LogP contribution in [-0.4, -0.2) is 31.9 Å². The van der Waals surface area contributed by atoms with Gasteiger partial charge in [-0.3, -0.25) is 4.79 Å². The van der Waals surface area contributed by atoms with Gasteiger partial charge in [0.2, 0.25) is 0 Å². The Morgan fingerprint density at radius 3 is 1.49 bits per heavy atom. The number of hydrogen-bond acceptors (Lipinski definition) is 2. The van der Waals surface area contributed by atoms with Crippen LogP contribution in [0.15, 0.2) is 97.1 Å². The summed E-state index contributed by atoms with van der Waals surface area (Å²) in [6, 6.07) is 34.6. The third-order valence-electron chi connectivity index (χ3n) is 7.04. The van der Waals surface area contributed by atoms with Crippen molar-refractivity contribution in [3.8, 4) is 0 Å². The van der Waals surface area contributed by atoms with E-state index in [-0.39, 0.29) is 12.6 Å². The first kappa shape index (κ1) is 24.6. The van der Waals surface area contributed by atoms with Crippen LogP contribution in [0, 0.1) is 0 Å². The first-order chi connectivity index (χ1) is 18.1. The van der Waals surface area contributed by atoms with Crippen molar-refractivity contribution in [2.24, 2.45) is 0 Å². The predicted octanol–water partition coefficient (Wildman–Crippen LogP) is 7.40. The van der Waals surface area contributed by atoms with Crippen LogP contribution >= 0.6 is 0 Å². The second-order valence-electron chi connectivity index (χ2n) is 9.44. The SMILES string of the molecule is CC(=O)O.OCC(CCCCn1c2ccccc2c2ccccc21)n1c2ccccc2c2ccccc21. The molecule has 4 aromatic carbocycles. The Morgan fingerprint density at radius 1 is 0.676 bits per heavy atom. The lowest BCUT2D eigenvalue weighted by molar-refractivity contribution is -0.134. The number of aliphatic carboxylic acids is 1. The Bertz CT molecular complexity index is 1570. The Labute approximate surface area is 216 Å². The van der Waals surface area contributed by atoms with E-state index in [4.69, 9.17) is 9.90 Å². The molecule has 0 radical (unpaired) electrons. The summed E-state index contributed by atoms with van der Waals surface area (Å²) in [5, 5.41) is 22.9. The number of rotatable bonds is 7. The van der Waals surface area contributed by atoms with Crippen molar-refractivity contribution < 1.29 is 15.0 Å². The van der Waals surface area contributed by atoms with E-state index in [0.29, 0.717) is 0 Å². The van der Waals surface area contributed by atoms with E-state index in [1.165, 1.54) is 43.6 Å². The van der Waals surface area contributed by atoms with Gasteiger partial charge < -0.3 is 19.3 Å².